The fourth-order valence-corrected chi connectivity index (χ4v) is 8.37. The topological polar surface area (TPSA) is 184 Å². The Bertz CT molecular complexity index is 1760. The molecule has 2 amide bonds. The van der Waals surface area contributed by atoms with Gasteiger partial charge >= 0.3 is 5.65 Å². The number of nitrogen functional groups attached to an aromatic ring is 1. The van der Waals surface area contributed by atoms with Gasteiger partial charge in [0.25, 0.3) is 11.8 Å². The molecule has 1 saturated heterocycles. The molecule has 18 heteroatoms. The molecule has 6 heterocycles. The number of hydrogen-bond donors (Lipinski definition) is 2. The highest BCUT2D eigenvalue weighted by Gasteiger charge is 2.53. The number of thioether (sulfide) groups is 2. The largest absolute Gasteiger partial charge is 0.543 e. The number of oxime groups is 1. The first kappa shape index (κ1) is 28.1. The summed E-state index contributed by atoms with van der Waals surface area (Å²) in [5.41, 5.74) is 7.91. The van der Waals surface area contributed by atoms with Crippen molar-refractivity contribution >= 4 is 80.5 Å². The van der Waals surface area contributed by atoms with E-state index in [-0.39, 0.29) is 22.2 Å². The van der Waals surface area contributed by atoms with Crippen molar-refractivity contribution in [3.05, 3.63) is 64.1 Å². The van der Waals surface area contributed by atoms with Crippen molar-refractivity contribution in [2.24, 2.45) is 5.16 Å². The van der Waals surface area contributed by atoms with Crippen LogP contribution in [0.25, 0.3) is 5.65 Å². The SMILES string of the molecule is CO/N=C(/C(=O)N[C@@H]1C(=O)N2C(C(=O)[O-])=C(CSc3nc(C[n+]4ccn5ncccc54)cs3)CSC12)c1csc(N)n1. The van der Waals surface area contributed by atoms with E-state index in [4.69, 9.17) is 10.6 Å². The molecule has 1 unspecified atom stereocenters. The van der Waals surface area contributed by atoms with Gasteiger partial charge < -0.3 is 25.8 Å². The van der Waals surface area contributed by atoms with Crippen molar-refractivity contribution in [2.75, 3.05) is 24.3 Å². The molecule has 2 atom stereocenters. The zero-order valence-corrected chi connectivity index (χ0v) is 25.0. The molecule has 0 aromatic carbocycles. The Balaban J connectivity index is 1.12. The quantitative estimate of drug-likeness (QED) is 0.0761. The van der Waals surface area contributed by atoms with Crippen LogP contribution in [0.4, 0.5) is 5.13 Å². The number of imidazole rings is 1. The average molecular weight is 644 g/mol. The molecule has 0 bridgehead atoms. The maximum Gasteiger partial charge on any atom is 0.307 e. The molecule has 4 aromatic rings. The molecule has 1 fully saturated rings. The van der Waals surface area contributed by atoms with Crippen LogP contribution in [0.1, 0.15) is 11.4 Å². The molecule has 0 saturated carbocycles. The molecule has 2 aliphatic rings. The van der Waals surface area contributed by atoms with Gasteiger partial charge in [0.15, 0.2) is 21.4 Å². The van der Waals surface area contributed by atoms with Gasteiger partial charge in [0, 0.05) is 28.3 Å². The van der Waals surface area contributed by atoms with Gasteiger partial charge in [-0.05, 0) is 11.6 Å². The number of carbonyl (C=O) groups excluding carboxylic acids is 3. The van der Waals surface area contributed by atoms with Gasteiger partial charge in [-0.1, -0.05) is 22.0 Å². The molecule has 14 nitrogen and oxygen atoms in total. The first-order valence-corrected chi connectivity index (χ1v) is 16.0. The molecule has 4 aromatic heterocycles. The number of anilines is 1. The van der Waals surface area contributed by atoms with Gasteiger partial charge in [-0.25, -0.2) is 14.5 Å². The second-order valence-corrected chi connectivity index (χ2v) is 13.0. The number of nitrogens with zero attached hydrogens (tertiary/aromatic N) is 7. The van der Waals surface area contributed by atoms with E-state index in [0.717, 1.165) is 27.0 Å². The molecular weight excluding hydrogens is 623 g/mol. The normalized spacial score (nSPS) is 18.6. The lowest BCUT2D eigenvalue weighted by atomic mass is 10.0. The molecule has 42 heavy (non-hydrogen) atoms. The Morgan fingerprint density at radius 2 is 2.19 bits per heavy atom. The molecule has 3 N–H and O–H groups in total. The third-order valence-electron chi connectivity index (χ3n) is 6.36. The second kappa shape index (κ2) is 11.7. The lowest BCUT2D eigenvalue weighted by molar-refractivity contribution is -0.662. The standard InChI is InChI=1S/C24H21N9O5S4/c1-38-30-16(14-11-40-23(25)28-14)19(34)29-17-20(35)33-18(22(36)37)12(8-39-21(17)33)9-41-24-27-13(10-42-24)7-31-5-6-32-15(31)3-2-4-26-32/h2-6,10-11,17,21H,7-9H2,1H3,(H3-,25,28,29,34,36,37)/b30-16+/t17-,21?/m1/s1. The number of nitrogens with two attached hydrogens (primary N) is 1. The van der Waals surface area contributed by atoms with E-state index in [0.29, 0.717) is 23.6 Å². The third-order valence-corrected chi connectivity index (χ3v) is 10.5. The monoisotopic (exact) mass is 643 g/mol. The van der Waals surface area contributed by atoms with Crippen molar-refractivity contribution in [3.63, 3.8) is 0 Å². The maximum atomic E-state index is 13.1. The number of fused-ring (bicyclic) bond motifs is 2. The van der Waals surface area contributed by atoms with Crippen molar-refractivity contribution in [1.82, 2.24) is 29.8 Å². The number of aromatic nitrogens is 5. The Kier molecular flexibility index (Phi) is 7.84. The summed E-state index contributed by atoms with van der Waals surface area (Å²) >= 11 is 5.35. The number of carboxylic acids is 1. The van der Waals surface area contributed by atoms with Crippen molar-refractivity contribution in [3.8, 4) is 0 Å². The number of nitrogens with one attached hydrogen (secondary N) is 1. The van der Waals surface area contributed by atoms with E-state index in [1.165, 1.54) is 46.9 Å². The molecule has 2 aliphatic heterocycles. The van der Waals surface area contributed by atoms with E-state index >= 15 is 0 Å². The Hall–Kier alpha value is -4.00. The predicted octanol–water partition coefficient (Wildman–Crippen LogP) is -0.288. The van der Waals surface area contributed by atoms with E-state index in [1.54, 1.807) is 16.1 Å². The van der Waals surface area contributed by atoms with Crippen LogP contribution in [0.15, 0.2) is 62.2 Å². The number of thiazole rings is 2. The number of hydrogen-bond acceptors (Lipinski definition) is 14. The highest BCUT2D eigenvalue weighted by atomic mass is 32.2. The first-order chi connectivity index (χ1) is 20.3. The van der Waals surface area contributed by atoms with Crippen LogP contribution in [0.5, 0.6) is 0 Å². The number of aliphatic carboxylic acids is 1. The third kappa shape index (κ3) is 5.33. The summed E-state index contributed by atoms with van der Waals surface area (Å²) in [7, 11) is 1.28. The number of amides is 2. The van der Waals surface area contributed by atoms with Crippen molar-refractivity contribution in [2.45, 2.75) is 22.3 Å². The second-order valence-electron chi connectivity index (χ2n) is 8.94. The summed E-state index contributed by atoms with van der Waals surface area (Å²) in [6.45, 7) is 0.561. The van der Waals surface area contributed by atoms with E-state index in [1.807, 2.05) is 34.5 Å². The van der Waals surface area contributed by atoms with Crippen LogP contribution in [0.2, 0.25) is 0 Å². The van der Waals surface area contributed by atoms with Gasteiger partial charge in [-0.15, -0.1) is 39.0 Å². The lowest BCUT2D eigenvalue weighted by Gasteiger charge is -2.50. The fraction of sp³-hybridized carbons (Fsp3) is 0.250. The van der Waals surface area contributed by atoms with Crippen LogP contribution >= 0.6 is 46.2 Å². The van der Waals surface area contributed by atoms with Gasteiger partial charge in [-0.2, -0.15) is 0 Å². The zero-order valence-electron chi connectivity index (χ0n) is 21.7. The molecule has 216 valence electrons. The minimum Gasteiger partial charge on any atom is -0.543 e. The van der Waals surface area contributed by atoms with Gasteiger partial charge in [0.2, 0.25) is 0 Å². The number of rotatable bonds is 10. The molecule has 0 radical (unpaired) electrons. The number of carboxylic acid groups (broad SMARTS) is 1. The van der Waals surface area contributed by atoms with Crippen LogP contribution in [0, 0.1) is 0 Å². The summed E-state index contributed by atoms with van der Waals surface area (Å²) < 4.78 is 4.59. The minimum absolute atomic E-state index is 0.145. The first-order valence-electron chi connectivity index (χ1n) is 12.2. The van der Waals surface area contributed by atoms with Crippen molar-refractivity contribution in [1.29, 1.82) is 0 Å². The highest BCUT2D eigenvalue weighted by Crippen LogP contribution is 2.41. The lowest BCUT2D eigenvalue weighted by Crippen LogP contribution is -2.71. The van der Waals surface area contributed by atoms with Crippen LogP contribution in [-0.4, -0.2) is 78.0 Å². The summed E-state index contributed by atoms with van der Waals surface area (Å²) in [4.78, 5) is 52.9. The molecular formula is C24H21N9O5S4. The van der Waals surface area contributed by atoms with Crippen LogP contribution < -0.4 is 20.7 Å². The predicted molar refractivity (Wildman–Crippen MR) is 154 cm³/mol. The van der Waals surface area contributed by atoms with E-state index in [2.05, 4.69) is 25.5 Å². The van der Waals surface area contributed by atoms with Gasteiger partial charge in [0.05, 0.1) is 23.6 Å². The van der Waals surface area contributed by atoms with Crippen molar-refractivity contribution < 1.29 is 28.9 Å². The number of carbonyl (C=O) groups is 3. The molecule has 0 spiro atoms. The smallest absolute Gasteiger partial charge is 0.307 e. The average Bonchev–Trinajstić information content (AvgIpc) is 3.73. The Labute approximate surface area is 254 Å². The van der Waals surface area contributed by atoms with E-state index in [9.17, 15) is 19.5 Å². The Morgan fingerprint density at radius 1 is 1.33 bits per heavy atom. The van der Waals surface area contributed by atoms with Crippen LogP contribution in [-0.2, 0) is 25.8 Å². The highest BCUT2D eigenvalue weighted by molar-refractivity contribution is 8.01. The fourth-order valence-electron chi connectivity index (χ4n) is 4.51. The summed E-state index contributed by atoms with van der Waals surface area (Å²) in [5, 5.41) is 25.9. The van der Waals surface area contributed by atoms with Gasteiger partial charge in [-0.3, -0.25) is 14.5 Å². The Morgan fingerprint density at radius 3 is 2.95 bits per heavy atom. The van der Waals surface area contributed by atoms with Gasteiger partial charge in [0.1, 0.15) is 37.0 Å². The summed E-state index contributed by atoms with van der Waals surface area (Å²) in [6.07, 6.45) is 5.52. The summed E-state index contributed by atoms with van der Waals surface area (Å²) in [5.74, 6) is -2.03. The maximum absolute atomic E-state index is 13.1. The zero-order chi connectivity index (χ0) is 29.4. The molecule has 0 aliphatic carbocycles. The minimum atomic E-state index is -1.45. The van der Waals surface area contributed by atoms with Crippen LogP contribution in [0.3, 0.4) is 0 Å². The molecule has 6 rings (SSSR count). The van der Waals surface area contributed by atoms with E-state index < -0.39 is 29.2 Å². The summed E-state index contributed by atoms with van der Waals surface area (Å²) in [6, 6.07) is 2.88. The number of β-lactam (4-membered cyclic amide) rings is 1.